The van der Waals surface area contributed by atoms with Crippen molar-refractivity contribution in [1.82, 2.24) is 0 Å². The molecular weight excluding hydrogens is 289 g/mol. The van der Waals surface area contributed by atoms with Gasteiger partial charge < -0.3 is 0 Å². The largest absolute Gasteiger partial charge is 0.298 e. The van der Waals surface area contributed by atoms with Crippen molar-refractivity contribution in [2.24, 2.45) is 0 Å². The summed E-state index contributed by atoms with van der Waals surface area (Å²) in [6.07, 6.45) is -2.63. The van der Waals surface area contributed by atoms with Gasteiger partial charge >= 0.3 is 0 Å². The third-order valence-corrected chi connectivity index (χ3v) is 2.67. The summed E-state index contributed by atoms with van der Waals surface area (Å²) in [5, 5.41) is 0. The predicted octanol–water partition coefficient (Wildman–Crippen LogP) is 3.74. The SMILES string of the molecule is O=C(CCl)Cc1cc(Br)ccc1C(F)F. The molecule has 0 aromatic heterocycles. The molecule has 0 radical (unpaired) electrons. The highest BCUT2D eigenvalue weighted by atomic mass is 79.9. The molecule has 82 valence electrons. The lowest BCUT2D eigenvalue weighted by Gasteiger charge is -2.07. The van der Waals surface area contributed by atoms with Crippen LogP contribution in [0.3, 0.4) is 0 Å². The fraction of sp³-hybridized carbons (Fsp3) is 0.300. The molecule has 0 unspecified atom stereocenters. The van der Waals surface area contributed by atoms with Crippen LogP contribution < -0.4 is 0 Å². The molecule has 0 saturated heterocycles. The fourth-order valence-corrected chi connectivity index (χ4v) is 1.70. The molecule has 0 spiro atoms. The van der Waals surface area contributed by atoms with Gasteiger partial charge in [-0.2, -0.15) is 0 Å². The first kappa shape index (κ1) is 12.6. The van der Waals surface area contributed by atoms with E-state index in [2.05, 4.69) is 15.9 Å². The number of carbonyl (C=O) groups is 1. The van der Waals surface area contributed by atoms with Crippen LogP contribution in [0.2, 0.25) is 0 Å². The molecule has 0 heterocycles. The van der Waals surface area contributed by atoms with E-state index in [1.165, 1.54) is 18.2 Å². The first-order chi connectivity index (χ1) is 7.04. The van der Waals surface area contributed by atoms with E-state index < -0.39 is 6.43 Å². The number of halogens is 4. The molecule has 1 aromatic rings. The van der Waals surface area contributed by atoms with Crippen LogP contribution in [0.15, 0.2) is 22.7 Å². The highest BCUT2D eigenvalue weighted by Gasteiger charge is 2.15. The van der Waals surface area contributed by atoms with Crippen LogP contribution in [0, 0.1) is 0 Å². The van der Waals surface area contributed by atoms with Crippen molar-refractivity contribution in [3.63, 3.8) is 0 Å². The van der Waals surface area contributed by atoms with Crippen molar-refractivity contribution in [2.75, 3.05) is 5.88 Å². The van der Waals surface area contributed by atoms with Crippen LogP contribution >= 0.6 is 27.5 Å². The summed E-state index contributed by atoms with van der Waals surface area (Å²) in [4.78, 5) is 11.1. The average Bonchev–Trinajstić information content (AvgIpc) is 2.17. The van der Waals surface area contributed by atoms with Gasteiger partial charge in [-0.3, -0.25) is 4.79 Å². The van der Waals surface area contributed by atoms with Gasteiger partial charge in [-0.1, -0.05) is 22.0 Å². The Morgan fingerprint density at radius 1 is 1.47 bits per heavy atom. The molecule has 0 aliphatic rings. The molecule has 15 heavy (non-hydrogen) atoms. The Kier molecular flexibility index (Phi) is 4.67. The van der Waals surface area contributed by atoms with Gasteiger partial charge in [0.2, 0.25) is 0 Å². The molecule has 0 saturated carbocycles. The first-order valence-corrected chi connectivity index (χ1v) is 5.51. The molecule has 1 aromatic carbocycles. The van der Waals surface area contributed by atoms with Crippen molar-refractivity contribution in [1.29, 1.82) is 0 Å². The van der Waals surface area contributed by atoms with Gasteiger partial charge in [0.15, 0.2) is 5.78 Å². The summed E-state index contributed by atoms with van der Waals surface area (Å²) in [6.45, 7) is 0. The number of ketones is 1. The van der Waals surface area contributed by atoms with E-state index >= 15 is 0 Å². The molecule has 5 heteroatoms. The lowest BCUT2D eigenvalue weighted by Crippen LogP contribution is -2.06. The number of rotatable bonds is 4. The van der Waals surface area contributed by atoms with Crippen LogP contribution in [0.25, 0.3) is 0 Å². The number of hydrogen-bond acceptors (Lipinski definition) is 1. The maximum absolute atomic E-state index is 12.6. The Morgan fingerprint density at radius 2 is 2.13 bits per heavy atom. The van der Waals surface area contributed by atoms with E-state index in [0.717, 1.165) is 0 Å². The molecule has 0 atom stereocenters. The van der Waals surface area contributed by atoms with E-state index in [4.69, 9.17) is 11.6 Å². The van der Waals surface area contributed by atoms with Gasteiger partial charge in [-0.15, -0.1) is 11.6 Å². The van der Waals surface area contributed by atoms with Crippen LogP contribution in [0.4, 0.5) is 8.78 Å². The first-order valence-electron chi connectivity index (χ1n) is 4.18. The van der Waals surface area contributed by atoms with Gasteiger partial charge in [0.25, 0.3) is 6.43 Å². The summed E-state index contributed by atoms with van der Waals surface area (Å²) >= 11 is 8.49. The molecule has 0 aliphatic heterocycles. The quantitative estimate of drug-likeness (QED) is 0.774. The smallest absolute Gasteiger partial charge is 0.264 e. The minimum atomic E-state index is -2.57. The number of carbonyl (C=O) groups excluding carboxylic acids is 1. The Balaban J connectivity index is 3.02. The van der Waals surface area contributed by atoms with Crippen LogP contribution in [-0.2, 0) is 11.2 Å². The standard InChI is InChI=1S/C10H8BrClF2O/c11-7-1-2-9(10(13)14)6(3-7)4-8(15)5-12/h1-3,10H,4-5H2. The monoisotopic (exact) mass is 296 g/mol. The van der Waals surface area contributed by atoms with E-state index in [1.807, 2.05) is 0 Å². The van der Waals surface area contributed by atoms with Gasteiger partial charge in [-0.25, -0.2) is 8.78 Å². The van der Waals surface area contributed by atoms with Crippen LogP contribution in [0.5, 0.6) is 0 Å². The van der Waals surface area contributed by atoms with Gasteiger partial charge in [0, 0.05) is 16.5 Å². The summed E-state index contributed by atoms with van der Waals surface area (Å²) in [7, 11) is 0. The second-order valence-electron chi connectivity index (χ2n) is 2.99. The van der Waals surface area contributed by atoms with E-state index in [-0.39, 0.29) is 23.6 Å². The number of Topliss-reactive ketones (excluding diaryl/α,β-unsaturated/α-hetero) is 1. The zero-order chi connectivity index (χ0) is 11.4. The van der Waals surface area contributed by atoms with E-state index in [0.29, 0.717) is 10.0 Å². The van der Waals surface area contributed by atoms with E-state index in [9.17, 15) is 13.6 Å². The number of benzene rings is 1. The Morgan fingerprint density at radius 3 is 2.67 bits per heavy atom. The van der Waals surface area contributed by atoms with Crippen molar-refractivity contribution in [2.45, 2.75) is 12.8 Å². The lowest BCUT2D eigenvalue weighted by atomic mass is 10.0. The average molecular weight is 298 g/mol. The van der Waals surface area contributed by atoms with Gasteiger partial charge in [0.1, 0.15) is 0 Å². The minimum Gasteiger partial charge on any atom is -0.298 e. The van der Waals surface area contributed by atoms with Crippen LogP contribution in [-0.4, -0.2) is 11.7 Å². The van der Waals surface area contributed by atoms with Gasteiger partial charge in [-0.05, 0) is 17.7 Å². The molecule has 0 bridgehead atoms. The highest BCUT2D eigenvalue weighted by molar-refractivity contribution is 9.10. The Bertz CT molecular complexity index is 368. The zero-order valence-corrected chi connectivity index (χ0v) is 9.99. The third kappa shape index (κ3) is 3.54. The molecule has 1 nitrogen and oxygen atoms in total. The minimum absolute atomic E-state index is 0.0530. The maximum Gasteiger partial charge on any atom is 0.264 e. The summed E-state index contributed by atoms with van der Waals surface area (Å²) in [5.41, 5.74) is 0.210. The Labute approximate surface area is 99.6 Å². The summed E-state index contributed by atoms with van der Waals surface area (Å²) < 4.78 is 25.8. The molecule has 0 N–H and O–H groups in total. The van der Waals surface area contributed by atoms with E-state index in [1.54, 1.807) is 0 Å². The number of alkyl halides is 3. The molecule has 0 amide bonds. The summed E-state index contributed by atoms with van der Waals surface area (Å²) in [6, 6.07) is 4.35. The van der Waals surface area contributed by atoms with Crippen molar-refractivity contribution >= 4 is 33.3 Å². The third-order valence-electron chi connectivity index (χ3n) is 1.88. The zero-order valence-electron chi connectivity index (χ0n) is 7.64. The van der Waals surface area contributed by atoms with Gasteiger partial charge in [0.05, 0.1) is 5.88 Å². The highest BCUT2D eigenvalue weighted by Crippen LogP contribution is 2.26. The predicted molar refractivity (Wildman–Crippen MR) is 58.5 cm³/mol. The lowest BCUT2D eigenvalue weighted by molar-refractivity contribution is -0.116. The second-order valence-corrected chi connectivity index (χ2v) is 4.18. The van der Waals surface area contributed by atoms with Crippen molar-refractivity contribution in [3.05, 3.63) is 33.8 Å². The van der Waals surface area contributed by atoms with Crippen LogP contribution in [0.1, 0.15) is 17.6 Å². The topological polar surface area (TPSA) is 17.1 Å². The summed E-state index contributed by atoms with van der Waals surface area (Å²) in [5.74, 6) is -0.425. The molecule has 0 fully saturated rings. The normalized spacial score (nSPS) is 10.7. The molecule has 0 aliphatic carbocycles. The Hall–Kier alpha value is -0.480. The van der Waals surface area contributed by atoms with Crippen molar-refractivity contribution in [3.8, 4) is 0 Å². The number of hydrogen-bond donors (Lipinski definition) is 0. The maximum atomic E-state index is 12.6. The second kappa shape index (κ2) is 5.56. The fourth-order valence-electron chi connectivity index (χ4n) is 1.20. The molecular formula is C10H8BrClF2O. The van der Waals surface area contributed by atoms with Crippen molar-refractivity contribution < 1.29 is 13.6 Å². The molecule has 1 rings (SSSR count).